The second kappa shape index (κ2) is 13.0. The largest absolute Gasteiger partial charge is 0.490 e. The summed E-state index contributed by atoms with van der Waals surface area (Å²) in [5.74, 6) is 1.06. The van der Waals surface area contributed by atoms with Crippen molar-refractivity contribution in [3.63, 3.8) is 0 Å². The topological polar surface area (TPSA) is 83.7 Å². The number of hydrogen-bond donors (Lipinski definition) is 1. The van der Waals surface area contributed by atoms with Crippen LogP contribution >= 0.6 is 39.3 Å². The van der Waals surface area contributed by atoms with E-state index in [-0.39, 0.29) is 18.3 Å². The Morgan fingerprint density at radius 1 is 1.18 bits per heavy atom. The molecule has 34 heavy (non-hydrogen) atoms. The molecular weight excluding hydrogens is 538 g/mol. The van der Waals surface area contributed by atoms with Gasteiger partial charge in [-0.1, -0.05) is 29.8 Å². The molecule has 0 bridgehead atoms. The third-order valence-electron chi connectivity index (χ3n) is 4.46. The van der Waals surface area contributed by atoms with Gasteiger partial charge in [0, 0.05) is 25.5 Å². The van der Waals surface area contributed by atoms with Crippen molar-refractivity contribution in [1.29, 1.82) is 5.26 Å². The minimum absolute atomic E-state index is 0.223. The summed E-state index contributed by atoms with van der Waals surface area (Å²) in [7, 11) is 0. The smallest absolute Gasteiger partial charge is 0.250 e. The number of hydrazone groups is 1. The van der Waals surface area contributed by atoms with Gasteiger partial charge in [-0.3, -0.25) is 4.79 Å². The lowest BCUT2D eigenvalue weighted by atomic mass is 10.1. The number of benzene rings is 3. The summed E-state index contributed by atoms with van der Waals surface area (Å²) >= 11 is 10.8. The number of ether oxygens (including phenoxy) is 2. The van der Waals surface area contributed by atoms with Crippen LogP contribution in [0.15, 0.2) is 75.1 Å². The van der Waals surface area contributed by atoms with E-state index in [9.17, 15) is 10.1 Å². The molecule has 3 aromatic rings. The van der Waals surface area contributed by atoms with E-state index in [1.807, 2.05) is 37.3 Å². The quantitative estimate of drug-likeness (QED) is 0.182. The van der Waals surface area contributed by atoms with Gasteiger partial charge in [0.2, 0.25) is 5.91 Å². The first kappa shape index (κ1) is 25.6. The van der Waals surface area contributed by atoms with Crippen molar-refractivity contribution in [3.05, 3.63) is 86.8 Å². The highest BCUT2D eigenvalue weighted by Crippen LogP contribution is 2.34. The molecule has 6 nitrogen and oxygen atoms in total. The van der Waals surface area contributed by atoms with Gasteiger partial charge in [-0.25, -0.2) is 5.43 Å². The lowest BCUT2D eigenvalue weighted by molar-refractivity contribution is -0.118. The van der Waals surface area contributed by atoms with Gasteiger partial charge in [-0.2, -0.15) is 10.4 Å². The van der Waals surface area contributed by atoms with Crippen molar-refractivity contribution >= 4 is 51.4 Å². The van der Waals surface area contributed by atoms with Gasteiger partial charge in [0.1, 0.15) is 6.61 Å². The van der Waals surface area contributed by atoms with E-state index in [0.717, 1.165) is 10.5 Å². The summed E-state index contributed by atoms with van der Waals surface area (Å²) in [6.07, 6.45) is 1.53. The molecule has 0 heterocycles. The number of thioether (sulfide) groups is 1. The third kappa shape index (κ3) is 7.52. The van der Waals surface area contributed by atoms with Crippen molar-refractivity contribution in [2.24, 2.45) is 5.10 Å². The van der Waals surface area contributed by atoms with Crippen molar-refractivity contribution in [2.75, 3.05) is 12.4 Å². The van der Waals surface area contributed by atoms with E-state index >= 15 is 0 Å². The summed E-state index contributed by atoms with van der Waals surface area (Å²) in [5, 5.41) is 14.0. The Balaban J connectivity index is 1.63. The molecule has 0 saturated carbocycles. The van der Waals surface area contributed by atoms with Crippen LogP contribution in [0.25, 0.3) is 0 Å². The van der Waals surface area contributed by atoms with Crippen LogP contribution in [0.2, 0.25) is 5.02 Å². The highest BCUT2D eigenvalue weighted by molar-refractivity contribution is 9.10. The highest BCUT2D eigenvalue weighted by atomic mass is 79.9. The number of halogens is 2. The first-order chi connectivity index (χ1) is 16.5. The van der Waals surface area contributed by atoms with Gasteiger partial charge in [0.15, 0.2) is 11.5 Å². The Morgan fingerprint density at radius 3 is 2.65 bits per heavy atom. The van der Waals surface area contributed by atoms with Crippen LogP contribution in [0.1, 0.15) is 23.6 Å². The van der Waals surface area contributed by atoms with Gasteiger partial charge in [-0.05, 0) is 65.3 Å². The van der Waals surface area contributed by atoms with Gasteiger partial charge in [0.25, 0.3) is 0 Å². The molecule has 0 unspecified atom stereocenters. The zero-order valence-corrected chi connectivity index (χ0v) is 21.4. The number of rotatable bonds is 10. The lowest BCUT2D eigenvalue weighted by Gasteiger charge is -2.14. The molecule has 0 fully saturated rings. The van der Waals surface area contributed by atoms with Crippen LogP contribution in [-0.4, -0.2) is 24.5 Å². The van der Waals surface area contributed by atoms with Crippen LogP contribution in [0, 0.1) is 11.3 Å². The zero-order valence-electron chi connectivity index (χ0n) is 18.3. The summed E-state index contributed by atoms with van der Waals surface area (Å²) in [5.41, 5.74) is 4.58. The van der Waals surface area contributed by atoms with Crippen LogP contribution in [0.3, 0.4) is 0 Å². The molecule has 0 atom stereocenters. The number of hydrogen-bond acceptors (Lipinski definition) is 6. The summed E-state index contributed by atoms with van der Waals surface area (Å²) < 4.78 is 12.4. The molecule has 174 valence electrons. The number of carbonyl (C=O) groups is 1. The predicted octanol–water partition coefficient (Wildman–Crippen LogP) is 6.19. The summed E-state index contributed by atoms with van der Waals surface area (Å²) in [4.78, 5) is 13.0. The maximum Gasteiger partial charge on any atom is 0.250 e. The van der Waals surface area contributed by atoms with E-state index in [2.05, 4.69) is 32.5 Å². The number of nitrogens with one attached hydrogen (secondary N) is 1. The molecule has 0 aliphatic rings. The van der Waals surface area contributed by atoms with E-state index in [1.165, 1.54) is 18.0 Å². The van der Waals surface area contributed by atoms with E-state index in [1.54, 1.807) is 30.3 Å². The van der Waals surface area contributed by atoms with Gasteiger partial charge < -0.3 is 9.47 Å². The number of carbonyl (C=O) groups excluding carboxylic acids is 1. The molecule has 0 saturated heterocycles. The van der Waals surface area contributed by atoms with Crippen LogP contribution in [-0.2, 0) is 11.4 Å². The van der Waals surface area contributed by atoms with Gasteiger partial charge >= 0.3 is 0 Å². The van der Waals surface area contributed by atoms with Crippen molar-refractivity contribution < 1.29 is 14.3 Å². The fourth-order valence-electron chi connectivity index (χ4n) is 2.83. The molecule has 3 aromatic carbocycles. The normalized spacial score (nSPS) is 10.6. The molecule has 0 radical (unpaired) electrons. The standard InChI is InChI=1S/C25H21BrClN3O3S/c1-2-32-23-11-19(14-29-30-25(31)16-34-21-9-7-20(27)8-10-21)22(26)12-24(23)33-15-18-6-4-3-5-17(18)13-28/h3-12,14H,2,15-16H2,1H3,(H,30,31)/b29-14-. The molecule has 0 aromatic heterocycles. The molecule has 1 amide bonds. The molecular formula is C25H21BrClN3O3S. The predicted molar refractivity (Wildman–Crippen MR) is 139 cm³/mol. The van der Waals surface area contributed by atoms with Gasteiger partial charge in [0.05, 0.1) is 30.2 Å². The van der Waals surface area contributed by atoms with Crippen molar-refractivity contribution in [3.8, 4) is 17.6 Å². The molecule has 3 rings (SSSR count). The first-order valence-electron chi connectivity index (χ1n) is 10.3. The average Bonchev–Trinajstić information content (AvgIpc) is 2.84. The first-order valence-corrected chi connectivity index (χ1v) is 12.4. The molecule has 0 aliphatic carbocycles. The van der Waals surface area contributed by atoms with Gasteiger partial charge in [-0.15, -0.1) is 11.8 Å². The Labute approximate surface area is 216 Å². The Morgan fingerprint density at radius 2 is 1.91 bits per heavy atom. The highest BCUT2D eigenvalue weighted by Gasteiger charge is 2.12. The lowest BCUT2D eigenvalue weighted by Crippen LogP contribution is -2.19. The SMILES string of the molecule is CCOc1cc(/C=N\NC(=O)CSc2ccc(Cl)cc2)c(Br)cc1OCc1ccccc1C#N. The maximum absolute atomic E-state index is 12.1. The Hall–Kier alpha value is -2.99. The number of amides is 1. The number of nitriles is 1. The molecule has 1 N–H and O–H groups in total. The number of nitrogens with zero attached hydrogens (tertiary/aromatic N) is 2. The van der Waals surface area contributed by atoms with Crippen LogP contribution < -0.4 is 14.9 Å². The minimum Gasteiger partial charge on any atom is -0.490 e. The zero-order chi connectivity index (χ0) is 24.3. The fourth-order valence-corrected chi connectivity index (χ4v) is 4.07. The van der Waals surface area contributed by atoms with E-state index in [0.29, 0.717) is 38.7 Å². The monoisotopic (exact) mass is 557 g/mol. The van der Waals surface area contributed by atoms with E-state index < -0.39 is 0 Å². The van der Waals surface area contributed by atoms with Crippen LogP contribution in [0.5, 0.6) is 11.5 Å². The molecule has 9 heteroatoms. The Kier molecular flexibility index (Phi) is 9.83. The molecule has 0 spiro atoms. The van der Waals surface area contributed by atoms with Crippen molar-refractivity contribution in [2.45, 2.75) is 18.4 Å². The molecule has 0 aliphatic heterocycles. The third-order valence-corrected chi connectivity index (χ3v) is 6.41. The summed E-state index contributed by atoms with van der Waals surface area (Å²) in [6.45, 7) is 2.55. The second-order valence-corrected chi connectivity index (χ2v) is 9.19. The summed E-state index contributed by atoms with van der Waals surface area (Å²) in [6, 6.07) is 20.3. The van der Waals surface area contributed by atoms with E-state index in [4.69, 9.17) is 21.1 Å². The van der Waals surface area contributed by atoms with Crippen LogP contribution in [0.4, 0.5) is 0 Å². The average molecular weight is 559 g/mol. The van der Waals surface area contributed by atoms with Crippen molar-refractivity contribution in [1.82, 2.24) is 5.43 Å². The second-order valence-electron chi connectivity index (χ2n) is 6.85. The minimum atomic E-state index is -0.228. The Bertz CT molecular complexity index is 1210. The fraction of sp³-hybridized carbons (Fsp3) is 0.160. The maximum atomic E-state index is 12.1.